The molecular formula is C15H28N2O3. The lowest BCUT2D eigenvalue weighted by molar-refractivity contribution is -0.122. The number of rotatable bonds is 6. The minimum Gasteiger partial charge on any atom is -0.449 e. The Morgan fingerprint density at radius 3 is 2.60 bits per heavy atom. The maximum atomic E-state index is 11.8. The van der Waals surface area contributed by atoms with Gasteiger partial charge in [0.1, 0.15) is 0 Å². The molecule has 116 valence electrons. The highest BCUT2D eigenvalue weighted by Crippen LogP contribution is 2.23. The van der Waals surface area contributed by atoms with Crippen LogP contribution >= 0.6 is 0 Å². The standard InChI is InChI=1S/C15H28N2O3/c1-11(2)10-20-15(19)16-9-8-14(18)17-13-7-5-4-6-12(13)3/h11-13H,4-10H2,1-3H3,(H,16,19)(H,17,18)/t12-,13-/m0/s1. The van der Waals surface area contributed by atoms with Crippen molar-refractivity contribution in [2.75, 3.05) is 13.2 Å². The molecule has 1 aliphatic carbocycles. The average molecular weight is 284 g/mol. The maximum absolute atomic E-state index is 11.8. The van der Waals surface area contributed by atoms with Crippen LogP contribution in [0.2, 0.25) is 0 Å². The van der Waals surface area contributed by atoms with Crippen LogP contribution < -0.4 is 10.6 Å². The lowest BCUT2D eigenvalue weighted by Crippen LogP contribution is -2.42. The molecule has 0 heterocycles. The van der Waals surface area contributed by atoms with E-state index >= 15 is 0 Å². The van der Waals surface area contributed by atoms with Crippen molar-refractivity contribution in [3.8, 4) is 0 Å². The van der Waals surface area contributed by atoms with Gasteiger partial charge >= 0.3 is 6.09 Å². The van der Waals surface area contributed by atoms with Crippen LogP contribution in [0.25, 0.3) is 0 Å². The lowest BCUT2D eigenvalue weighted by Gasteiger charge is -2.29. The van der Waals surface area contributed by atoms with Crippen LogP contribution in [0.4, 0.5) is 4.79 Å². The Morgan fingerprint density at radius 2 is 1.95 bits per heavy atom. The van der Waals surface area contributed by atoms with Gasteiger partial charge in [0.25, 0.3) is 0 Å². The number of carbonyl (C=O) groups is 2. The summed E-state index contributed by atoms with van der Waals surface area (Å²) in [4.78, 5) is 23.1. The molecule has 0 aromatic heterocycles. The second kappa shape index (κ2) is 8.82. The summed E-state index contributed by atoms with van der Waals surface area (Å²) in [5, 5.41) is 5.66. The Balaban J connectivity index is 2.12. The fraction of sp³-hybridized carbons (Fsp3) is 0.867. The Kier molecular flexibility index (Phi) is 7.41. The fourth-order valence-electron chi connectivity index (χ4n) is 2.38. The SMILES string of the molecule is CC(C)COC(=O)NCCC(=O)N[C@H]1CCCC[C@@H]1C. The summed E-state index contributed by atoms with van der Waals surface area (Å²) in [5.41, 5.74) is 0. The largest absolute Gasteiger partial charge is 0.449 e. The predicted molar refractivity (Wildman–Crippen MR) is 78.4 cm³/mol. The first-order chi connectivity index (χ1) is 9.49. The average Bonchev–Trinajstić information content (AvgIpc) is 2.39. The van der Waals surface area contributed by atoms with Gasteiger partial charge in [-0.2, -0.15) is 0 Å². The van der Waals surface area contributed by atoms with Crippen molar-refractivity contribution in [3.05, 3.63) is 0 Å². The quantitative estimate of drug-likeness (QED) is 0.787. The van der Waals surface area contributed by atoms with Crippen molar-refractivity contribution in [1.29, 1.82) is 0 Å². The van der Waals surface area contributed by atoms with Gasteiger partial charge in [-0.15, -0.1) is 0 Å². The predicted octanol–water partition coefficient (Wildman–Crippen LogP) is 2.45. The second-order valence-electron chi connectivity index (χ2n) is 6.10. The van der Waals surface area contributed by atoms with E-state index in [0.717, 1.165) is 6.42 Å². The third kappa shape index (κ3) is 6.78. The van der Waals surface area contributed by atoms with E-state index in [1.807, 2.05) is 13.8 Å². The normalized spacial score (nSPS) is 22.4. The molecule has 0 aromatic rings. The molecule has 5 heteroatoms. The third-order valence-electron chi connectivity index (χ3n) is 3.63. The topological polar surface area (TPSA) is 67.4 Å². The fourth-order valence-corrected chi connectivity index (χ4v) is 2.38. The summed E-state index contributed by atoms with van der Waals surface area (Å²) in [6.45, 7) is 6.87. The van der Waals surface area contributed by atoms with Gasteiger partial charge in [-0.25, -0.2) is 4.79 Å². The summed E-state index contributed by atoms with van der Waals surface area (Å²) in [6.07, 6.45) is 4.56. The number of carbonyl (C=O) groups excluding carboxylic acids is 2. The molecule has 1 saturated carbocycles. The van der Waals surface area contributed by atoms with Gasteiger partial charge in [-0.1, -0.05) is 33.6 Å². The van der Waals surface area contributed by atoms with E-state index in [4.69, 9.17) is 4.74 Å². The smallest absolute Gasteiger partial charge is 0.407 e. The lowest BCUT2D eigenvalue weighted by atomic mass is 9.86. The van der Waals surface area contributed by atoms with Crippen molar-refractivity contribution >= 4 is 12.0 Å². The number of amides is 2. The first-order valence-corrected chi connectivity index (χ1v) is 7.69. The van der Waals surface area contributed by atoms with Crippen LogP contribution in [0, 0.1) is 11.8 Å². The Labute approximate surface area is 121 Å². The zero-order valence-corrected chi connectivity index (χ0v) is 12.9. The van der Waals surface area contributed by atoms with E-state index in [1.165, 1.54) is 19.3 Å². The molecule has 0 saturated heterocycles. The summed E-state index contributed by atoms with van der Waals surface area (Å²) >= 11 is 0. The van der Waals surface area contributed by atoms with Crippen molar-refractivity contribution in [2.24, 2.45) is 11.8 Å². The monoisotopic (exact) mass is 284 g/mol. The molecule has 5 nitrogen and oxygen atoms in total. The molecule has 0 unspecified atom stereocenters. The summed E-state index contributed by atoms with van der Waals surface area (Å²) in [5.74, 6) is 0.876. The Morgan fingerprint density at radius 1 is 1.25 bits per heavy atom. The molecule has 1 fully saturated rings. The van der Waals surface area contributed by atoms with Gasteiger partial charge in [0.15, 0.2) is 0 Å². The highest BCUT2D eigenvalue weighted by Gasteiger charge is 2.22. The third-order valence-corrected chi connectivity index (χ3v) is 3.63. The van der Waals surface area contributed by atoms with E-state index in [-0.39, 0.29) is 5.91 Å². The molecule has 2 amide bonds. The molecule has 0 bridgehead atoms. The van der Waals surface area contributed by atoms with Crippen LogP contribution in [0.15, 0.2) is 0 Å². The summed E-state index contributed by atoms with van der Waals surface area (Å²) < 4.78 is 4.97. The maximum Gasteiger partial charge on any atom is 0.407 e. The van der Waals surface area contributed by atoms with Gasteiger partial charge < -0.3 is 15.4 Å². The number of hydrogen-bond acceptors (Lipinski definition) is 3. The zero-order valence-electron chi connectivity index (χ0n) is 12.9. The number of hydrogen-bond donors (Lipinski definition) is 2. The molecule has 2 N–H and O–H groups in total. The molecular weight excluding hydrogens is 256 g/mol. The highest BCUT2D eigenvalue weighted by molar-refractivity contribution is 5.77. The second-order valence-corrected chi connectivity index (χ2v) is 6.10. The van der Waals surface area contributed by atoms with Gasteiger partial charge in [-0.05, 0) is 24.7 Å². The molecule has 20 heavy (non-hydrogen) atoms. The zero-order chi connectivity index (χ0) is 15.0. The molecule has 1 aliphatic rings. The molecule has 0 spiro atoms. The minimum atomic E-state index is -0.447. The molecule has 1 rings (SSSR count). The van der Waals surface area contributed by atoms with E-state index in [1.54, 1.807) is 0 Å². The Hall–Kier alpha value is -1.26. The van der Waals surface area contributed by atoms with Crippen LogP contribution in [-0.4, -0.2) is 31.2 Å². The first kappa shape index (κ1) is 16.8. The number of ether oxygens (including phenoxy) is 1. The van der Waals surface area contributed by atoms with Crippen LogP contribution in [0.3, 0.4) is 0 Å². The van der Waals surface area contributed by atoms with Gasteiger partial charge in [0.05, 0.1) is 6.61 Å². The van der Waals surface area contributed by atoms with Gasteiger partial charge in [0, 0.05) is 19.0 Å². The molecule has 0 radical (unpaired) electrons. The molecule has 2 atom stereocenters. The van der Waals surface area contributed by atoms with Crippen molar-refractivity contribution in [1.82, 2.24) is 10.6 Å². The number of nitrogens with one attached hydrogen (secondary N) is 2. The summed E-state index contributed by atoms with van der Waals surface area (Å²) in [7, 11) is 0. The van der Waals surface area contributed by atoms with Gasteiger partial charge in [-0.3, -0.25) is 4.79 Å². The van der Waals surface area contributed by atoms with Crippen LogP contribution in [0.1, 0.15) is 52.9 Å². The Bertz CT molecular complexity index is 318. The van der Waals surface area contributed by atoms with E-state index in [2.05, 4.69) is 17.6 Å². The molecule has 0 aromatic carbocycles. The molecule has 0 aliphatic heterocycles. The van der Waals surface area contributed by atoms with Crippen molar-refractivity contribution in [2.45, 2.75) is 58.9 Å². The van der Waals surface area contributed by atoms with Crippen LogP contribution in [0.5, 0.6) is 0 Å². The van der Waals surface area contributed by atoms with Gasteiger partial charge in [0.2, 0.25) is 5.91 Å². The first-order valence-electron chi connectivity index (χ1n) is 7.69. The van der Waals surface area contributed by atoms with E-state index in [9.17, 15) is 9.59 Å². The van der Waals surface area contributed by atoms with Crippen molar-refractivity contribution < 1.29 is 14.3 Å². The van der Waals surface area contributed by atoms with Crippen molar-refractivity contribution in [3.63, 3.8) is 0 Å². The van der Waals surface area contributed by atoms with E-state index < -0.39 is 6.09 Å². The highest BCUT2D eigenvalue weighted by atomic mass is 16.5. The summed E-state index contributed by atoms with van der Waals surface area (Å²) in [6, 6.07) is 0.296. The number of alkyl carbamates (subject to hydrolysis) is 1. The van der Waals surface area contributed by atoms with E-state index in [0.29, 0.717) is 37.5 Å². The minimum absolute atomic E-state index is 0.00732. The van der Waals surface area contributed by atoms with Crippen LogP contribution in [-0.2, 0) is 9.53 Å².